The molecule has 0 saturated heterocycles. The van der Waals surface area contributed by atoms with Gasteiger partial charge in [0.25, 0.3) is 0 Å². The summed E-state index contributed by atoms with van der Waals surface area (Å²) >= 11 is 0. The number of nitrogens with one attached hydrogen (secondary N) is 3. The van der Waals surface area contributed by atoms with E-state index in [1.807, 2.05) is 19.1 Å². The predicted octanol–water partition coefficient (Wildman–Crippen LogP) is 2.49. The molecule has 1 aromatic carbocycles. The van der Waals surface area contributed by atoms with Crippen molar-refractivity contribution < 1.29 is 13.6 Å². The molecule has 2 rings (SSSR count). The van der Waals surface area contributed by atoms with Gasteiger partial charge in [-0.2, -0.15) is 0 Å². The van der Waals surface area contributed by atoms with Gasteiger partial charge in [0, 0.05) is 32.6 Å². The summed E-state index contributed by atoms with van der Waals surface area (Å²) in [5.41, 5.74) is 0.656. The highest BCUT2D eigenvalue weighted by Crippen LogP contribution is 2.04. The molecule has 0 radical (unpaired) electrons. The van der Waals surface area contributed by atoms with E-state index in [0.29, 0.717) is 31.2 Å². The summed E-state index contributed by atoms with van der Waals surface area (Å²) in [6, 6.07) is 9.84. The number of benzene rings is 1. The second kappa shape index (κ2) is 13.1. The van der Waals surface area contributed by atoms with Crippen molar-refractivity contribution in [3.8, 4) is 0 Å². The SMILES string of the molecule is CCNC(=NCCc1ccco1)NCCNC(=O)Cc1cccc(F)c1.I. The minimum Gasteiger partial charge on any atom is -0.469 e. The Balaban J connectivity index is 0.00000364. The summed E-state index contributed by atoms with van der Waals surface area (Å²) in [5, 5.41) is 9.12. The van der Waals surface area contributed by atoms with Gasteiger partial charge in [0.1, 0.15) is 11.6 Å². The van der Waals surface area contributed by atoms with Crippen LogP contribution in [0, 0.1) is 5.82 Å². The lowest BCUT2D eigenvalue weighted by molar-refractivity contribution is -0.120. The average Bonchev–Trinajstić information content (AvgIpc) is 3.12. The first-order valence-electron chi connectivity index (χ1n) is 8.73. The molecule has 1 amide bonds. The lowest BCUT2D eigenvalue weighted by Crippen LogP contribution is -2.41. The standard InChI is InChI=1S/C19H25FN4O2.HI/c1-2-21-19(23-9-8-17-7-4-12-26-17)24-11-10-22-18(25)14-15-5-3-6-16(20)13-15;/h3-7,12-13H,2,8-11,14H2,1H3,(H,22,25)(H2,21,23,24);1H. The topological polar surface area (TPSA) is 78.7 Å². The van der Waals surface area contributed by atoms with Gasteiger partial charge in [-0.1, -0.05) is 12.1 Å². The van der Waals surface area contributed by atoms with Crippen LogP contribution in [0.2, 0.25) is 0 Å². The highest BCUT2D eigenvalue weighted by Gasteiger charge is 2.04. The predicted molar refractivity (Wildman–Crippen MR) is 115 cm³/mol. The minimum absolute atomic E-state index is 0. The fourth-order valence-corrected chi connectivity index (χ4v) is 2.35. The van der Waals surface area contributed by atoms with Crippen LogP contribution in [0.5, 0.6) is 0 Å². The summed E-state index contributed by atoms with van der Waals surface area (Å²) in [6.45, 7) is 4.34. The Morgan fingerprint density at radius 2 is 1.96 bits per heavy atom. The van der Waals surface area contributed by atoms with Crippen LogP contribution >= 0.6 is 24.0 Å². The van der Waals surface area contributed by atoms with Gasteiger partial charge in [-0.05, 0) is 36.8 Å². The Morgan fingerprint density at radius 3 is 2.67 bits per heavy atom. The molecule has 8 heteroatoms. The van der Waals surface area contributed by atoms with Gasteiger partial charge >= 0.3 is 0 Å². The number of hydrogen-bond donors (Lipinski definition) is 3. The molecule has 0 unspecified atom stereocenters. The van der Waals surface area contributed by atoms with Crippen molar-refractivity contribution in [1.29, 1.82) is 0 Å². The van der Waals surface area contributed by atoms with Crippen LogP contribution < -0.4 is 16.0 Å². The summed E-state index contributed by atoms with van der Waals surface area (Å²) in [5.74, 6) is 1.11. The number of rotatable bonds is 9. The highest BCUT2D eigenvalue weighted by atomic mass is 127. The Hall–Kier alpha value is -2.10. The molecule has 6 nitrogen and oxygen atoms in total. The average molecular weight is 488 g/mol. The monoisotopic (exact) mass is 488 g/mol. The summed E-state index contributed by atoms with van der Waals surface area (Å²) in [4.78, 5) is 16.3. The number of halogens is 2. The van der Waals surface area contributed by atoms with E-state index in [4.69, 9.17) is 4.42 Å². The van der Waals surface area contributed by atoms with Crippen LogP contribution in [0.4, 0.5) is 4.39 Å². The molecular weight excluding hydrogens is 462 g/mol. The molecule has 0 saturated carbocycles. The molecule has 0 fully saturated rings. The summed E-state index contributed by atoms with van der Waals surface area (Å²) in [7, 11) is 0. The van der Waals surface area contributed by atoms with Crippen molar-refractivity contribution in [2.24, 2.45) is 4.99 Å². The number of guanidine groups is 1. The third-order valence-corrected chi connectivity index (χ3v) is 3.55. The molecular formula is C19H26FIN4O2. The lowest BCUT2D eigenvalue weighted by Gasteiger charge is -2.12. The first-order valence-corrected chi connectivity index (χ1v) is 8.73. The number of carbonyl (C=O) groups is 1. The second-order valence-electron chi connectivity index (χ2n) is 5.67. The molecule has 0 aliphatic rings. The molecule has 3 N–H and O–H groups in total. The minimum atomic E-state index is -0.335. The van der Waals surface area contributed by atoms with E-state index in [1.165, 1.54) is 12.1 Å². The number of nitrogens with zero attached hydrogens (tertiary/aromatic N) is 1. The van der Waals surface area contributed by atoms with Crippen LogP contribution in [0.3, 0.4) is 0 Å². The number of aliphatic imine (C=N–C) groups is 1. The largest absolute Gasteiger partial charge is 0.469 e. The van der Waals surface area contributed by atoms with Gasteiger partial charge in [-0.3, -0.25) is 9.79 Å². The number of amides is 1. The highest BCUT2D eigenvalue weighted by molar-refractivity contribution is 14.0. The third kappa shape index (κ3) is 9.41. The molecule has 0 atom stereocenters. The first-order chi connectivity index (χ1) is 12.7. The molecule has 1 heterocycles. The van der Waals surface area contributed by atoms with E-state index in [2.05, 4.69) is 20.9 Å². The van der Waals surface area contributed by atoms with Crippen molar-refractivity contribution in [1.82, 2.24) is 16.0 Å². The van der Waals surface area contributed by atoms with Crippen molar-refractivity contribution in [3.63, 3.8) is 0 Å². The third-order valence-electron chi connectivity index (χ3n) is 3.55. The first kappa shape index (κ1) is 22.9. The molecule has 27 heavy (non-hydrogen) atoms. The molecule has 0 aliphatic heterocycles. The van der Waals surface area contributed by atoms with Gasteiger partial charge in [-0.15, -0.1) is 24.0 Å². The zero-order valence-electron chi connectivity index (χ0n) is 15.3. The zero-order chi connectivity index (χ0) is 18.6. The van der Waals surface area contributed by atoms with Crippen molar-refractivity contribution in [2.75, 3.05) is 26.2 Å². The Bertz CT molecular complexity index is 707. The van der Waals surface area contributed by atoms with E-state index >= 15 is 0 Å². The van der Waals surface area contributed by atoms with Crippen LogP contribution in [0.15, 0.2) is 52.1 Å². The quantitative estimate of drug-likeness (QED) is 0.220. The smallest absolute Gasteiger partial charge is 0.224 e. The number of furan rings is 1. The second-order valence-corrected chi connectivity index (χ2v) is 5.67. The van der Waals surface area contributed by atoms with Gasteiger partial charge in [-0.25, -0.2) is 4.39 Å². The van der Waals surface area contributed by atoms with E-state index in [-0.39, 0.29) is 42.1 Å². The molecule has 0 bridgehead atoms. The van der Waals surface area contributed by atoms with E-state index in [1.54, 1.807) is 18.4 Å². The Labute approximate surface area is 176 Å². The van der Waals surface area contributed by atoms with Gasteiger partial charge in [0.2, 0.25) is 5.91 Å². The molecule has 1 aromatic heterocycles. The molecule has 0 spiro atoms. The van der Waals surface area contributed by atoms with E-state index in [0.717, 1.165) is 18.7 Å². The normalized spacial score (nSPS) is 10.8. The molecule has 148 valence electrons. The van der Waals surface area contributed by atoms with Gasteiger partial charge in [0.15, 0.2) is 5.96 Å². The van der Waals surface area contributed by atoms with Crippen molar-refractivity contribution in [3.05, 3.63) is 59.8 Å². The maximum Gasteiger partial charge on any atom is 0.224 e. The summed E-state index contributed by atoms with van der Waals surface area (Å²) in [6.07, 6.45) is 2.54. The Kier molecular flexibility index (Phi) is 11.2. The maximum absolute atomic E-state index is 13.1. The molecule has 0 aliphatic carbocycles. The van der Waals surface area contributed by atoms with Crippen LogP contribution in [0.1, 0.15) is 18.2 Å². The van der Waals surface area contributed by atoms with Crippen molar-refractivity contribution in [2.45, 2.75) is 19.8 Å². The number of hydrogen-bond acceptors (Lipinski definition) is 3. The van der Waals surface area contributed by atoms with E-state index < -0.39 is 0 Å². The van der Waals surface area contributed by atoms with Gasteiger partial charge in [0.05, 0.1) is 12.7 Å². The summed E-state index contributed by atoms with van der Waals surface area (Å²) < 4.78 is 18.4. The number of carbonyl (C=O) groups excluding carboxylic acids is 1. The van der Waals surface area contributed by atoms with Crippen LogP contribution in [-0.2, 0) is 17.6 Å². The zero-order valence-corrected chi connectivity index (χ0v) is 17.7. The Morgan fingerprint density at radius 1 is 1.15 bits per heavy atom. The maximum atomic E-state index is 13.1. The van der Waals surface area contributed by atoms with Gasteiger partial charge < -0.3 is 20.4 Å². The fourth-order valence-electron chi connectivity index (χ4n) is 2.35. The fraction of sp³-hybridized carbons (Fsp3) is 0.368. The molecule has 2 aromatic rings. The van der Waals surface area contributed by atoms with Crippen LogP contribution in [0.25, 0.3) is 0 Å². The lowest BCUT2D eigenvalue weighted by atomic mass is 10.1. The van der Waals surface area contributed by atoms with Crippen molar-refractivity contribution >= 4 is 35.8 Å². The van der Waals surface area contributed by atoms with Crippen LogP contribution in [-0.4, -0.2) is 38.0 Å². The van der Waals surface area contributed by atoms with E-state index in [9.17, 15) is 9.18 Å².